The predicted molar refractivity (Wildman–Crippen MR) is 201 cm³/mol. The molecule has 0 spiro atoms. The van der Waals surface area contributed by atoms with Crippen LogP contribution in [0, 0.1) is 11.3 Å². The fourth-order valence-electron chi connectivity index (χ4n) is 4.92. The van der Waals surface area contributed by atoms with E-state index in [1.807, 2.05) is 25.7 Å². The number of aromatic nitrogens is 2. The van der Waals surface area contributed by atoms with Crippen LogP contribution in [-0.2, 0) is 40.6 Å². The summed E-state index contributed by atoms with van der Waals surface area (Å²) in [6, 6.07) is 9.22. The summed E-state index contributed by atoms with van der Waals surface area (Å²) in [7, 11) is -12.9. The summed E-state index contributed by atoms with van der Waals surface area (Å²) in [5.74, 6) is -1.39. The van der Waals surface area contributed by atoms with Crippen LogP contribution in [0.15, 0.2) is 54.4 Å². The Morgan fingerprint density at radius 2 is 1.46 bits per heavy atom. The van der Waals surface area contributed by atoms with Crippen LogP contribution in [0.2, 0.25) is 0 Å². The van der Waals surface area contributed by atoms with Crippen LogP contribution < -0.4 is 10.2 Å². The Bertz CT molecular complexity index is 2170. The van der Waals surface area contributed by atoms with Gasteiger partial charge in [0.2, 0.25) is 5.91 Å². The van der Waals surface area contributed by atoms with Gasteiger partial charge in [-0.25, -0.2) is 4.68 Å². The molecule has 0 saturated carbocycles. The molecule has 0 aliphatic carbocycles. The molecule has 3 rings (SSSR count). The summed E-state index contributed by atoms with van der Waals surface area (Å²) >= 11 is 6.66. The van der Waals surface area contributed by atoms with Crippen molar-refractivity contribution in [2.75, 3.05) is 34.8 Å². The first-order valence-electron chi connectivity index (χ1n) is 15.4. The van der Waals surface area contributed by atoms with Crippen molar-refractivity contribution in [1.82, 2.24) is 9.78 Å². The highest BCUT2D eigenvalue weighted by Crippen LogP contribution is 2.40. The van der Waals surface area contributed by atoms with Crippen LogP contribution >= 0.6 is 31.9 Å². The van der Waals surface area contributed by atoms with Gasteiger partial charge in [-0.2, -0.15) is 35.6 Å². The fraction of sp³-hybridized carbons (Fsp3) is 0.433. The van der Waals surface area contributed by atoms with E-state index in [1.54, 1.807) is 12.1 Å². The van der Waals surface area contributed by atoms with Crippen molar-refractivity contribution in [2.24, 2.45) is 10.2 Å². The summed E-state index contributed by atoms with van der Waals surface area (Å²) in [6.07, 6.45) is 0.952. The molecule has 0 bridgehead atoms. The molecule has 0 aliphatic heterocycles. The van der Waals surface area contributed by atoms with E-state index in [1.165, 1.54) is 17.7 Å². The third kappa shape index (κ3) is 12.4. The molecule has 22 heteroatoms. The second-order valence-electron chi connectivity index (χ2n) is 12.6. The molecule has 17 nitrogen and oxygen atoms in total. The van der Waals surface area contributed by atoms with Gasteiger partial charge < -0.3 is 10.2 Å². The van der Waals surface area contributed by atoms with Gasteiger partial charge in [0.25, 0.3) is 30.4 Å². The van der Waals surface area contributed by atoms with Crippen molar-refractivity contribution < 1.29 is 43.7 Å². The minimum atomic E-state index is -4.57. The predicted octanol–water partition coefficient (Wildman–Crippen LogP) is 6.33. The average Bonchev–Trinajstić information content (AvgIpc) is 3.36. The van der Waals surface area contributed by atoms with Crippen molar-refractivity contribution in [3.63, 3.8) is 0 Å². The van der Waals surface area contributed by atoms with Gasteiger partial charge in [0.05, 0.1) is 33.5 Å². The zero-order valence-corrected chi connectivity index (χ0v) is 34.0. The maximum Gasteiger partial charge on any atom is 0.294 e. The van der Waals surface area contributed by atoms with Gasteiger partial charge in [-0.05, 0) is 87.9 Å². The first-order valence-corrected chi connectivity index (χ1v) is 21.6. The lowest BCUT2D eigenvalue weighted by Gasteiger charge is -2.26. The molecule has 2 aromatic carbocycles. The van der Waals surface area contributed by atoms with Crippen LogP contribution in [0.4, 0.5) is 22.9 Å². The highest BCUT2D eigenvalue weighted by molar-refractivity contribution is 9.11. The monoisotopic (exact) mass is 909 g/mol. The minimum Gasteiger partial charge on any atom is -0.371 e. The molecule has 1 heterocycles. The number of nitrogens with one attached hydrogen (secondary N) is 1. The van der Waals surface area contributed by atoms with E-state index < -0.39 is 58.1 Å². The molecule has 1 amide bonds. The van der Waals surface area contributed by atoms with E-state index in [9.17, 15) is 39.9 Å². The smallest absolute Gasteiger partial charge is 0.294 e. The first-order chi connectivity index (χ1) is 23.9. The summed E-state index contributed by atoms with van der Waals surface area (Å²) in [5, 5.41) is 26.3. The highest BCUT2D eigenvalue weighted by atomic mass is 79.9. The van der Waals surface area contributed by atoms with E-state index in [4.69, 9.17) is 9.11 Å². The van der Waals surface area contributed by atoms with Crippen molar-refractivity contribution in [3.8, 4) is 11.8 Å². The van der Waals surface area contributed by atoms with Gasteiger partial charge >= 0.3 is 0 Å². The number of hydrogen-bond acceptors (Lipinski definition) is 12. The Kier molecular flexibility index (Phi) is 14.3. The van der Waals surface area contributed by atoms with Gasteiger partial charge in [0.15, 0.2) is 5.82 Å². The Labute approximate surface area is 319 Å². The number of nitrogens with zero attached hydrogens (tertiary/aromatic N) is 6. The SMILES string of the molecule is CC(=O)Nc1cc(N(CCCCS(=O)(=O)O)CCCCS(=O)(=O)O)ccc1N=Nc1c(C#N)c(C(C)(C)C)nn1-c1c(Br)cc(S(=O)(=O)O)cc1Br. The largest absolute Gasteiger partial charge is 0.371 e. The lowest BCUT2D eigenvalue weighted by molar-refractivity contribution is -0.114. The zero-order valence-electron chi connectivity index (χ0n) is 28.4. The third-order valence-corrected chi connectivity index (χ3v) is 10.9. The van der Waals surface area contributed by atoms with E-state index in [-0.39, 0.29) is 50.2 Å². The lowest BCUT2D eigenvalue weighted by atomic mass is 9.90. The maximum absolute atomic E-state index is 12.3. The third-order valence-electron chi connectivity index (χ3n) is 7.25. The normalized spacial score (nSPS) is 12.6. The Hall–Kier alpha value is -3.30. The van der Waals surface area contributed by atoms with Gasteiger partial charge in [-0.1, -0.05) is 20.8 Å². The molecular weight excluding hydrogens is 874 g/mol. The molecule has 0 saturated heterocycles. The summed E-state index contributed by atoms with van der Waals surface area (Å²) in [6.45, 7) is 7.36. The number of benzene rings is 2. The zero-order chi connectivity index (χ0) is 39.2. The molecule has 4 N–H and O–H groups in total. The van der Waals surface area contributed by atoms with Gasteiger partial charge in [0, 0.05) is 40.1 Å². The number of azo groups is 1. The van der Waals surface area contributed by atoms with Gasteiger partial charge in [0.1, 0.15) is 17.3 Å². The average molecular weight is 912 g/mol. The summed E-state index contributed by atoms with van der Waals surface area (Å²) < 4.78 is 98.0. The fourth-order valence-corrected chi connectivity index (χ4v) is 8.42. The highest BCUT2D eigenvalue weighted by Gasteiger charge is 2.30. The van der Waals surface area contributed by atoms with Crippen molar-refractivity contribution in [1.29, 1.82) is 5.26 Å². The molecule has 284 valence electrons. The van der Waals surface area contributed by atoms with Crippen LogP contribution in [-0.4, -0.2) is 79.2 Å². The lowest BCUT2D eigenvalue weighted by Crippen LogP contribution is -2.26. The number of unbranched alkanes of at least 4 members (excludes halogenated alkanes) is 2. The number of carbonyl (C=O) groups is 1. The molecule has 0 unspecified atom stereocenters. The first kappa shape index (κ1) is 43.1. The van der Waals surface area contributed by atoms with Gasteiger partial charge in [-0.3, -0.25) is 18.5 Å². The van der Waals surface area contributed by atoms with Crippen molar-refractivity contribution in [3.05, 3.63) is 50.5 Å². The number of carbonyl (C=O) groups excluding carboxylic acids is 1. The van der Waals surface area contributed by atoms with E-state index in [2.05, 4.69) is 58.6 Å². The molecule has 0 fully saturated rings. The Morgan fingerprint density at radius 1 is 0.923 bits per heavy atom. The van der Waals surface area contributed by atoms with Crippen LogP contribution in [0.25, 0.3) is 5.69 Å². The topological polar surface area (TPSA) is 262 Å². The molecular formula is C30H37Br2N7O10S3. The van der Waals surface area contributed by atoms with E-state index >= 15 is 0 Å². The number of hydrogen-bond donors (Lipinski definition) is 4. The number of anilines is 2. The molecule has 1 aromatic heterocycles. The summed E-state index contributed by atoms with van der Waals surface area (Å²) in [5.41, 5.74) is 0.893. The molecule has 0 aliphatic rings. The second-order valence-corrected chi connectivity index (χ2v) is 18.9. The molecule has 3 aromatic rings. The Balaban J connectivity index is 2.14. The van der Waals surface area contributed by atoms with Crippen LogP contribution in [0.3, 0.4) is 0 Å². The number of halogens is 2. The van der Waals surface area contributed by atoms with Crippen molar-refractivity contribution >= 4 is 91.0 Å². The van der Waals surface area contributed by atoms with E-state index in [0.717, 1.165) is 12.1 Å². The molecule has 0 radical (unpaired) electrons. The van der Waals surface area contributed by atoms with Crippen molar-refractivity contribution in [2.45, 2.75) is 63.7 Å². The summed E-state index contributed by atoms with van der Waals surface area (Å²) in [4.78, 5) is 13.7. The number of amides is 1. The maximum atomic E-state index is 12.3. The minimum absolute atomic E-state index is 0.0365. The molecule has 0 atom stereocenters. The van der Waals surface area contributed by atoms with Gasteiger partial charge in [-0.15, -0.1) is 10.2 Å². The Morgan fingerprint density at radius 3 is 1.90 bits per heavy atom. The standard InChI is InChI=1S/C30H37Br2N7O10S3/c1-19(40)34-26-15-20(38(11-5-7-13-50(41,42)43)12-6-8-14-51(44,45)46)9-10-25(26)35-36-29-22(18-33)28(30(2,3)4)37-39(29)27-23(31)16-21(17-24(27)32)52(47,48)49/h9-10,15-17H,5-8,11-14H2,1-4H3,(H,34,40)(H,41,42,43)(H,44,45,46)(H,47,48,49). The van der Waals surface area contributed by atoms with Crippen LogP contribution in [0.5, 0.6) is 0 Å². The quantitative estimate of drug-likeness (QED) is 0.0697. The number of rotatable bonds is 16. The second kappa shape index (κ2) is 17.2. The molecule has 52 heavy (non-hydrogen) atoms. The number of nitriles is 1. The van der Waals surface area contributed by atoms with E-state index in [0.29, 0.717) is 37.3 Å². The van der Waals surface area contributed by atoms with Crippen LogP contribution in [0.1, 0.15) is 64.6 Å².